The van der Waals surface area contributed by atoms with Crippen molar-refractivity contribution >= 4 is 34.6 Å². The van der Waals surface area contributed by atoms with Gasteiger partial charge in [0.05, 0.1) is 16.4 Å². The van der Waals surface area contributed by atoms with Crippen molar-refractivity contribution in [2.45, 2.75) is 13.8 Å². The number of aromatic hydroxyl groups is 1. The molecule has 0 unspecified atom stereocenters. The van der Waals surface area contributed by atoms with Gasteiger partial charge in [0.25, 0.3) is 5.91 Å². The number of nitrogens with zero attached hydrogens (tertiary/aromatic N) is 3. The third kappa shape index (κ3) is 3.53. The van der Waals surface area contributed by atoms with Gasteiger partial charge in [-0.05, 0) is 66.3 Å². The summed E-state index contributed by atoms with van der Waals surface area (Å²) in [4.78, 5) is 12.4. The van der Waals surface area contributed by atoms with E-state index in [0.29, 0.717) is 20.5 Å². The molecule has 0 saturated carbocycles. The van der Waals surface area contributed by atoms with E-state index < -0.39 is 5.91 Å². The number of hydrogen-bond acceptors (Lipinski definition) is 5. The molecule has 0 bridgehead atoms. The molecule has 0 spiro atoms. The molecule has 2 rings (SSSR count). The lowest BCUT2D eigenvalue weighted by molar-refractivity contribution is 0.0943. The lowest BCUT2D eigenvalue weighted by Gasteiger charge is -2.07. The van der Waals surface area contributed by atoms with Crippen LogP contribution >= 0.6 is 22.6 Å². The first-order chi connectivity index (χ1) is 10.9. The third-order valence-electron chi connectivity index (χ3n) is 3.13. The number of rotatable bonds is 3. The largest absolute Gasteiger partial charge is 0.504 e. The van der Waals surface area contributed by atoms with Gasteiger partial charge in [0.15, 0.2) is 11.5 Å². The van der Waals surface area contributed by atoms with Crippen LogP contribution in [-0.4, -0.2) is 27.9 Å². The number of halogens is 1. The zero-order valence-corrected chi connectivity index (χ0v) is 15.0. The number of nitriles is 1. The van der Waals surface area contributed by atoms with E-state index in [4.69, 9.17) is 4.74 Å². The van der Waals surface area contributed by atoms with Gasteiger partial charge in [-0.2, -0.15) is 10.4 Å². The minimum absolute atomic E-state index is 0.0219. The van der Waals surface area contributed by atoms with Crippen molar-refractivity contribution in [3.63, 3.8) is 0 Å². The van der Waals surface area contributed by atoms with Gasteiger partial charge in [0.1, 0.15) is 11.6 Å². The Morgan fingerprint density at radius 3 is 2.65 bits per heavy atom. The maximum absolute atomic E-state index is 12.4. The highest BCUT2D eigenvalue weighted by atomic mass is 127. The number of ether oxygens (including phenoxy) is 1. The smallest absolute Gasteiger partial charge is 0.289 e. The van der Waals surface area contributed by atoms with Crippen molar-refractivity contribution < 1.29 is 14.6 Å². The molecule has 0 aliphatic rings. The molecule has 2 aromatic rings. The van der Waals surface area contributed by atoms with Crippen molar-refractivity contribution in [1.29, 1.82) is 5.26 Å². The zero-order valence-electron chi connectivity index (χ0n) is 12.8. The highest BCUT2D eigenvalue weighted by Crippen LogP contribution is 2.33. The number of benzene rings is 1. The van der Waals surface area contributed by atoms with E-state index in [0.717, 1.165) is 0 Å². The molecule has 7 heteroatoms. The van der Waals surface area contributed by atoms with E-state index in [1.165, 1.54) is 17.9 Å². The minimum Gasteiger partial charge on any atom is -0.504 e. The molecule has 0 aliphatic heterocycles. The topological polar surface area (TPSA) is 88.1 Å². The molecule has 0 fully saturated rings. The first-order valence-corrected chi connectivity index (χ1v) is 7.71. The standard InChI is InChI=1S/C16H14IN3O3/c1-9-4-10(2)20(19-9)16(22)12(8-18)5-11-6-13(17)15(21)14(7-11)23-3/h4-7,21H,1-3H3/b12-5+. The van der Waals surface area contributed by atoms with Crippen molar-refractivity contribution in [2.75, 3.05) is 7.11 Å². The SMILES string of the molecule is COc1cc(/C=C(\C#N)C(=O)n2nc(C)cc2C)cc(I)c1O. The normalized spacial score (nSPS) is 11.2. The number of allylic oxidation sites excluding steroid dienone is 1. The van der Waals surface area contributed by atoms with E-state index in [-0.39, 0.29) is 17.1 Å². The first-order valence-electron chi connectivity index (χ1n) is 6.63. The van der Waals surface area contributed by atoms with Crippen LogP contribution in [0, 0.1) is 28.7 Å². The summed E-state index contributed by atoms with van der Waals surface area (Å²) in [5.41, 5.74) is 1.88. The fraction of sp³-hybridized carbons (Fsp3) is 0.188. The van der Waals surface area contributed by atoms with Crippen molar-refractivity contribution in [3.8, 4) is 17.6 Å². The van der Waals surface area contributed by atoms with Crippen LogP contribution in [0.2, 0.25) is 0 Å². The molecule has 0 amide bonds. The Morgan fingerprint density at radius 2 is 2.13 bits per heavy atom. The second kappa shape index (κ2) is 6.83. The monoisotopic (exact) mass is 423 g/mol. The van der Waals surface area contributed by atoms with Crippen LogP contribution in [0.4, 0.5) is 0 Å². The lowest BCUT2D eigenvalue weighted by atomic mass is 10.1. The summed E-state index contributed by atoms with van der Waals surface area (Å²) in [6, 6.07) is 6.88. The quantitative estimate of drug-likeness (QED) is 0.466. The number of aryl methyl sites for hydroxylation is 2. The summed E-state index contributed by atoms with van der Waals surface area (Å²) in [6.45, 7) is 3.53. The fourth-order valence-electron chi connectivity index (χ4n) is 2.09. The molecule has 1 N–H and O–H groups in total. The molecule has 23 heavy (non-hydrogen) atoms. The Bertz CT molecular complexity index is 847. The van der Waals surface area contributed by atoms with E-state index in [1.807, 2.05) is 28.7 Å². The number of carbonyl (C=O) groups is 1. The predicted octanol–water partition coefficient (Wildman–Crippen LogP) is 3.07. The highest BCUT2D eigenvalue weighted by Gasteiger charge is 2.16. The number of carbonyl (C=O) groups excluding carboxylic acids is 1. The summed E-state index contributed by atoms with van der Waals surface area (Å²) in [5.74, 6) is -0.201. The second-order valence-corrected chi connectivity index (χ2v) is 6.03. The van der Waals surface area contributed by atoms with Crippen LogP contribution in [0.3, 0.4) is 0 Å². The number of phenolic OH excluding ortho intramolecular Hbond substituents is 1. The van der Waals surface area contributed by atoms with Crippen LogP contribution in [0.5, 0.6) is 11.5 Å². The van der Waals surface area contributed by atoms with Gasteiger partial charge in [0, 0.05) is 5.69 Å². The van der Waals surface area contributed by atoms with Gasteiger partial charge >= 0.3 is 0 Å². The molecule has 118 valence electrons. The van der Waals surface area contributed by atoms with Crippen LogP contribution in [-0.2, 0) is 0 Å². The van der Waals surface area contributed by atoms with Crippen molar-refractivity contribution in [2.24, 2.45) is 0 Å². The molecule has 0 aliphatic carbocycles. The average Bonchev–Trinajstić information content (AvgIpc) is 2.86. The summed E-state index contributed by atoms with van der Waals surface area (Å²) < 4.78 is 6.84. The number of methoxy groups -OCH3 is 1. The summed E-state index contributed by atoms with van der Waals surface area (Å²) in [5, 5.41) is 23.2. The van der Waals surface area contributed by atoms with E-state index >= 15 is 0 Å². The van der Waals surface area contributed by atoms with Crippen LogP contribution in [0.15, 0.2) is 23.8 Å². The van der Waals surface area contributed by atoms with Crippen molar-refractivity contribution in [3.05, 3.63) is 44.3 Å². The summed E-state index contributed by atoms with van der Waals surface area (Å²) in [7, 11) is 1.44. The lowest BCUT2D eigenvalue weighted by Crippen LogP contribution is -2.15. The summed E-state index contributed by atoms with van der Waals surface area (Å²) in [6.07, 6.45) is 1.45. The van der Waals surface area contributed by atoms with Crippen LogP contribution in [0.25, 0.3) is 6.08 Å². The Morgan fingerprint density at radius 1 is 1.43 bits per heavy atom. The van der Waals surface area contributed by atoms with Gasteiger partial charge < -0.3 is 9.84 Å². The maximum atomic E-state index is 12.4. The van der Waals surface area contributed by atoms with Crippen molar-refractivity contribution in [1.82, 2.24) is 9.78 Å². The van der Waals surface area contributed by atoms with E-state index in [1.54, 1.807) is 32.0 Å². The van der Waals surface area contributed by atoms with Gasteiger partial charge in [0.2, 0.25) is 0 Å². The first kappa shape index (κ1) is 17.0. The molecule has 1 aromatic heterocycles. The number of phenols is 1. The molecular weight excluding hydrogens is 409 g/mol. The molecule has 0 radical (unpaired) electrons. The Labute approximate surface area is 147 Å². The molecule has 1 heterocycles. The van der Waals surface area contributed by atoms with Gasteiger partial charge in [-0.25, -0.2) is 4.68 Å². The van der Waals surface area contributed by atoms with E-state index in [2.05, 4.69) is 5.10 Å². The van der Waals surface area contributed by atoms with E-state index in [9.17, 15) is 15.2 Å². The maximum Gasteiger partial charge on any atom is 0.289 e. The molecule has 0 atom stereocenters. The van der Waals surface area contributed by atoms with Crippen LogP contribution < -0.4 is 4.74 Å². The molecule has 1 aromatic carbocycles. The third-order valence-corrected chi connectivity index (χ3v) is 3.96. The highest BCUT2D eigenvalue weighted by molar-refractivity contribution is 14.1. The van der Waals surface area contributed by atoms with Gasteiger partial charge in [-0.3, -0.25) is 4.79 Å². The number of aromatic nitrogens is 2. The average molecular weight is 423 g/mol. The zero-order chi connectivity index (χ0) is 17.1. The Kier molecular flexibility index (Phi) is 5.05. The van der Waals surface area contributed by atoms with Gasteiger partial charge in [-0.1, -0.05) is 0 Å². The fourth-order valence-corrected chi connectivity index (χ4v) is 2.72. The van der Waals surface area contributed by atoms with Gasteiger partial charge in [-0.15, -0.1) is 0 Å². The minimum atomic E-state index is -0.500. The summed E-state index contributed by atoms with van der Waals surface area (Å²) >= 11 is 1.95. The Hall–Kier alpha value is -2.34. The number of hydrogen-bond donors (Lipinski definition) is 1. The predicted molar refractivity (Wildman–Crippen MR) is 93.3 cm³/mol. The Balaban J connectivity index is 2.47. The molecule has 0 saturated heterocycles. The molecule has 6 nitrogen and oxygen atoms in total. The second-order valence-electron chi connectivity index (χ2n) is 4.87. The van der Waals surface area contributed by atoms with Crippen LogP contribution in [0.1, 0.15) is 21.7 Å². The molecular formula is C16H14IN3O3.